The Morgan fingerprint density at radius 3 is 2.36 bits per heavy atom. The van der Waals surface area contributed by atoms with Crippen molar-refractivity contribution >= 4 is 0 Å². The van der Waals surface area contributed by atoms with Crippen molar-refractivity contribution in [3.8, 4) is 0 Å². The predicted molar refractivity (Wildman–Crippen MR) is 45.6 cm³/mol. The lowest BCUT2D eigenvalue weighted by atomic mass is 10.0. The minimum absolute atomic E-state index is 0.168. The molecule has 3 nitrogen and oxygen atoms in total. The molecule has 0 aliphatic carbocycles. The number of nitrogens with two attached hydrogens (primary N) is 1. The molecule has 0 spiro atoms. The summed E-state index contributed by atoms with van der Waals surface area (Å²) in [5, 5.41) is 0. The van der Waals surface area contributed by atoms with Crippen molar-refractivity contribution in [3.63, 3.8) is 0 Å². The van der Waals surface area contributed by atoms with E-state index in [0.717, 1.165) is 6.42 Å². The average molecular weight is 161 g/mol. The Labute approximate surface area is 68.9 Å². The van der Waals surface area contributed by atoms with Gasteiger partial charge in [-0.1, -0.05) is 6.92 Å². The van der Waals surface area contributed by atoms with Crippen LogP contribution in [0.4, 0.5) is 0 Å². The highest BCUT2D eigenvalue weighted by atomic mass is 16.5. The van der Waals surface area contributed by atoms with Crippen LogP contribution >= 0.6 is 0 Å². The van der Waals surface area contributed by atoms with Gasteiger partial charge in [-0.3, -0.25) is 0 Å². The molecule has 0 bridgehead atoms. The third-order valence-electron chi connectivity index (χ3n) is 1.92. The van der Waals surface area contributed by atoms with E-state index >= 15 is 0 Å². The van der Waals surface area contributed by atoms with E-state index in [4.69, 9.17) is 15.2 Å². The second-order valence-corrected chi connectivity index (χ2v) is 2.85. The third-order valence-corrected chi connectivity index (χ3v) is 1.92. The van der Waals surface area contributed by atoms with Gasteiger partial charge < -0.3 is 15.2 Å². The molecule has 0 saturated carbocycles. The fourth-order valence-electron chi connectivity index (χ4n) is 0.677. The number of hydrogen-bond donors (Lipinski definition) is 1. The van der Waals surface area contributed by atoms with Gasteiger partial charge in [-0.05, 0) is 13.3 Å². The highest BCUT2D eigenvalue weighted by Gasteiger charge is 2.19. The molecule has 0 aromatic heterocycles. The molecule has 0 rings (SSSR count). The molecule has 0 aromatic carbocycles. The summed E-state index contributed by atoms with van der Waals surface area (Å²) in [7, 11) is 1.66. The first-order valence-corrected chi connectivity index (χ1v) is 4.01. The van der Waals surface area contributed by atoms with E-state index < -0.39 is 0 Å². The van der Waals surface area contributed by atoms with Gasteiger partial charge in [0.1, 0.15) is 0 Å². The fourth-order valence-corrected chi connectivity index (χ4v) is 0.677. The van der Waals surface area contributed by atoms with Gasteiger partial charge in [0, 0.05) is 13.7 Å². The Morgan fingerprint density at radius 1 is 1.36 bits per heavy atom. The number of methoxy groups -OCH3 is 1. The molecule has 0 heterocycles. The van der Waals surface area contributed by atoms with Crippen LogP contribution in [0, 0.1) is 0 Å². The maximum Gasteiger partial charge on any atom is 0.0774 e. The van der Waals surface area contributed by atoms with Crippen LogP contribution in [0.15, 0.2) is 0 Å². The van der Waals surface area contributed by atoms with Crippen LogP contribution < -0.4 is 5.73 Å². The zero-order chi connectivity index (χ0) is 8.74. The Balaban J connectivity index is 3.51. The first-order valence-electron chi connectivity index (χ1n) is 4.01. The Bertz CT molecular complexity index is 92.1. The summed E-state index contributed by atoms with van der Waals surface area (Å²) >= 11 is 0. The lowest BCUT2D eigenvalue weighted by molar-refractivity contribution is -0.0471. The van der Waals surface area contributed by atoms with Gasteiger partial charge in [0.15, 0.2) is 0 Å². The van der Waals surface area contributed by atoms with Crippen LogP contribution in [0.5, 0.6) is 0 Å². The van der Waals surface area contributed by atoms with Gasteiger partial charge in [0.2, 0.25) is 0 Å². The number of ether oxygens (including phenoxy) is 2. The molecule has 0 fully saturated rings. The van der Waals surface area contributed by atoms with Crippen molar-refractivity contribution in [1.29, 1.82) is 0 Å². The molecule has 1 atom stereocenters. The molecule has 3 heteroatoms. The number of hydrogen-bond acceptors (Lipinski definition) is 3. The van der Waals surface area contributed by atoms with E-state index in [1.54, 1.807) is 7.11 Å². The second kappa shape index (κ2) is 5.52. The van der Waals surface area contributed by atoms with Crippen molar-refractivity contribution in [3.05, 3.63) is 0 Å². The SMILES string of the molecule is CCC(C)(CN)OCCOC. The van der Waals surface area contributed by atoms with Crippen LogP contribution in [-0.4, -0.2) is 32.5 Å². The largest absolute Gasteiger partial charge is 0.382 e. The molecule has 2 N–H and O–H groups in total. The van der Waals surface area contributed by atoms with Gasteiger partial charge >= 0.3 is 0 Å². The zero-order valence-corrected chi connectivity index (χ0v) is 7.72. The number of rotatable bonds is 6. The quantitative estimate of drug-likeness (QED) is 0.585. The zero-order valence-electron chi connectivity index (χ0n) is 7.72. The van der Waals surface area contributed by atoms with Crippen molar-refractivity contribution < 1.29 is 9.47 Å². The van der Waals surface area contributed by atoms with Crippen LogP contribution in [0.3, 0.4) is 0 Å². The van der Waals surface area contributed by atoms with Crippen LogP contribution in [0.25, 0.3) is 0 Å². The van der Waals surface area contributed by atoms with Gasteiger partial charge in [0.25, 0.3) is 0 Å². The summed E-state index contributed by atoms with van der Waals surface area (Å²) in [6, 6.07) is 0. The molecule has 0 radical (unpaired) electrons. The van der Waals surface area contributed by atoms with E-state index in [1.165, 1.54) is 0 Å². The van der Waals surface area contributed by atoms with Gasteiger partial charge in [0.05, 0.1) is 18.8 Å². The Morgan fingerprint density at radius 2 is 2.00 bits per heavy atom. The summed E-state index contributed by atoms with van der Waals surface area (Å²) in [6.07, 6.45) is 0.938. The highest BCUT2D eigenvalue weighted by molar-refractivity contribution is 4.73. The van der Waals surface area contributed by atoms with Gasteiger partial charge in [-0.2, -0.15) is 0 Å². The summed E-state index contributed by atoms with van der Waals surface area (Å²) < 4.78 is 10.4. The minimum atomic E-state index is -0.168. The van der Waals surface area contributed by atoms with Gasteiger partial charge in [-0.15, -0.1) is 0 Å². The summed E-state index contributed by atoms with van der Waals surface area (Å²) in [4.78, 5) is 0. The second-order valence-electron chi connectivity index (χ2n) is 2.85. The lowest BCUT2D eigenvalue weighted by Crippen LogP contribution is -2.37. The lowest BCUT2D eigenvalue weighted by Gasteiger charge is -2.26. The Hall–Kier alpha value is -0.120. The van der Waals surface area contributed by atoms with Crippen LogP contribution in [0.1, 0.15) is 20.3 Å². The minimum Gasteiger partial charge on any atom is -0.382 e. The van der Waals surface area contributed by atoms with E-state index in [0.29, 0.717) is 19.8 Å². The van der Waals surface area contributed by atoms with Crippen LogP contribution in [0.2, 0.25) is 0 Å². The molecule has 1 unspecified atom stereocenters. The molecule has 0 amide bonds. The molecular weight excluding hydrogens is 142 g/mol. The highest BCUT2D eigenvalue weighted by Crippen LogP contribution is 2.12. The molecule has 0 aromatic rings. The van der Waals surface area contributed by atoms with Crippen molar-refractivity contribution in [2.45, 2.75) is 25.9 Å². The fraction of sp³-hybridized carbons (Fsp3) is 1.00. The predicted octanol–water partition coefficient (Wildman–Crippen LogP) is 0.777. The maximum absolute atomic E-state index is 5.53. The molecule has 0 aliphatic rings. The monoisotopic (exact) mass is 161 g/mol. The summed E-state index contributed by atoms with van der Waals surface area (Å²) in [5.41, 5.74) is 5.37. The Kier molecular flexibility index (Phi) is 5.46. The molecule has 68 valence electrons. The molecule has 0 saturated heterocycles. The van der Waals surface area contributed by atoms with Crippen molar-refractivity contribution in [2.75, 3.05) is 26.9 Å². The summed E-state index contributed by atoms with van der Waals surface area (Å²) in [6.45, 7) is 5.91. The molecular formula is C8H19NO2. The maximum atomic E-state index is 5.53. The molecule has 11 heavy (non-hydrogen) atoms. The normalized spacial score (nSPS) is 16.4. The van der Waals surface area contributed by atoms with E-state index in [9.17, 15) is 0 Å². The van der Waals surface area contributed by atoms with Gasteiger partial charge in [-0.25, -0.2) is 0 Å². The van der Waals surface area contributed by atoms with E-state index in [1.807, 2.05) is 6.92 Å². The average Bonchev–Trinajstić information content (AvgIpc) is 2.05. The van der Waals surface area contributed by atoms with Crippen LogP contribution in [-0.2, 0) is 9.47 Å². The smallest absolute Gasteiger partial charge is 0.0774 e. The topological polar surface area (TPSA) is 44.5 Å². The third kappa shape index (κ3) is 4.35. The van der Waals surface area contributed by atoms with E-state index in [-0.39, 0.29) is 5.60 Å². The summed E-state index contributed by atoms with van der Waals surface area (Å²) in [5.74, 6) is 0. The molecule has 0 aliphatic heterocycles. The van der Waals surface area contributed by atoms with Crippen molar-refractivity contribution in [2.24, 2.45) is 5.73 Å². The first kappa shape index (κ1) is 10.9. The first-order chi connectivity index (χ1) is 5.18. The standard InChI is InChI=1S/C8H19NO2/c1-4-8(2,7-9)11-6-5-10-3/h4-7,9H2,1-3H3. The van der Waals surface area contributed by atoms with E-state index in [2.05, 4.69) is 6.92 Å². The van der Waals surface area contributed by atoms with Crippen molar-refractivity contribution in [1.82, 2.24) is 0 Å².